The number of carbonyl (C=O) groups is 5. The Bertz CT molecular complexity index is 1680. The lowest BCUT2D eigenvalue weighted by Gasteiger charge is -2.28. The van der Waals surface area contributed by atoms with Crippen LogP contribution in [0, 0.1) is 0 Å². The molecule has 2 rings (SSSR count). The summed E-state index contributed by atoms with van der Waals surface area (Å²) in [5, 5.41) is 2.37. The number of esters is 2. The number of amides is 2. The van der Waals surface area contributed by atoms with Gasteiger partial charge in [0.15, 0.2) is 18.1 Å². The molecule has 1 aliphatic rings. The van der Waals surface area contributed by atoms with Crippen molar-refractivity contribution in [2.24, 2.45) is 0 Å². The highest BCUT2D eigenvalue weighted by Gasteiger charge is 2.50. The minimum atomic E-state index is -4.44. The first-order valence-corrected chi connectivity index (χ1v) is 21.1. The number of anilines is 1. The van der Waals surface area contributed by atoms with Gasteiger partial charge in [-0.3, -0.25) is 18.7 Å². The number of imide groups is 1. The zero-order valence-electron chi connectivity index (χ0n) is 35.8. The van der Waals surface area contributed by atoms with Gasteiger partial charge in [0.2, 0.25) is 0 Å². The summed E-state index contributed by atoms with van der Waals surface area (Å²) in [6.45, 7) is 22.5. The molecule has 0 unspecified atom stereocenters. The van der Waals surface area contributed by atoms with Gasteiger partial charge in [-0.05, 0) is 110 Å². The zero-order chi connectivity index (χ0) is 44.7. The average Bonchev–Trinajstić information content (AvgIpc) is 3.30. The molecule has 1 aliphatic heterocycles. The first-order chi connectivity index (χ1) is 26.3. The van der Waals surface area contributed by atoms with Gasteiger partial charge in [-0.15, -0.1) is 11.8 Å². The minimum absolute atomic E-state index is 0.426. The summed E-state index contributed by atoms with van der Waals surface area (Å²) in [5.41, 5.74) is -4.30. The van der Waals surface area contributed by atoms with Crippen molar-refractivity contribution in [3.63, 3.8) is 0 Å². The molecule has 2 N–H and O–H groups in total. The summed E-state index contributed by atoms with van der Waals surface area (Å²) >= 11 is 0.738. The van der Waals surface area contributed by atoms with Gasteiger partial charge in [-0.1, -0.05) is 0 Å². The standard InChI is InChI=1S/C36H59FN5O14PS/c1-19(2)51-28(43)21(5)39-57(49,40-22(6)29(44)52-20(3)4)50-18-23-26(53-33(48)56-36(13,14)15)25(37)27(58-23)41-17-16-24(38-30(41)45)42(31(46)54-34(7,8)9)32(47)55-35(10,11)12/h16-17,19-23,25-27H,18H2,1-15H3,(H2,39,40,49)/t21-,22-,23+,25-,26+,27+/m0/s1. The third-order valence-electron chi connectivity index (χ3n) is 6.92. The molecule has 0 aromatic carbocycles. The minimum Gasteiger partial charge on any atom is -0.462 e. The maximum atomic E-state index is 16.6. The molecule has 1 saturated heterocycles. The maximum absolute atomic E-state index is 16.6. The van der Waals surface area contributed by atoms with E-state index in [0.29, 0.717) is 4.90 Å². The third-order valence-corrected chi connectivity index (χ3v) is 10.4. The lowest BCUT2D eigenvalue weighted by molar-refractivity contribution is -0.149. The molecule has 22 heteroatoms. The Kier molecular flexibility index (Phi) is 17.4. The largest absolute Gasteiger partial charge is 0.509 e. The molecular weight excluding hydrogens is 808 g/mol. The number of nitrogens with zero attached hydrogens (tertiary/aromatic N) is 3. The van der Waals surface area contributed by atoms with Crippen LogP contribution in [0.1, 0.15) is 109 Å². The molecule has 0 aliphatic carbocycles. The quantitative estimate of drug-likeness (QED) is 0.121. The molecule has 0 saturated carbocycles. The molecule has 0 spiro atoms. The van der Waals surface area contributed by atoms with Crippen LogP contribution in [0.15, 0.2) is 17.1 Å². The van der Waals surface area contributed by atoms with Crippen LogP contribution in [0.2, 0.25) is 0 Å². The smallest absolute Gasteiger partial charge is 0.462 e. The Labute approximate surface area is 342 Å². The molecular formula is C36H59FN5O14PS. The number of alkyl halides is 1. The van der Waals surface area contributed by atoms with E-state index >= 15 is 4.39 Å². The number of thioether (sulfide) groups is 1. The second-order valence-electron chi connectivity index (χ2n) is 16.8. The summed E-state index contributed by atoms with van der Waals surface area (Å²) in [6.07, 6.45) is -7.48. The van der Waals surface area contributed by atoms with Crippen LogP contribution in [0.25, 0.3) is 0 Å². The van der Waals surface area contributed by atoms with E-state index in [9.17, 15) is 33.3 Å². The van der Waals surface area contributed by atoms with Gasteiger partial charge >= 0.3 is 43.6 Å². The molecule has 0 radical (unpaired) electrons. The molecule has 1 aromatic heterocycles. The van der Waals surface area contributed by atoms with Crippen molar-refractivity contribution in [1.29, 1.82) is 0 Å². The van der Waals surface area contributed by atoms with Crippen LogP contribution in [-0.4, -0.2) is 105 Å². The molecule has 0 bridgehead atoms. The molecule has 58 heavy (non-hydrogen) atoms. The Hall–Kier alpha value is -3.78. The molecule has 1 fully saturated rings. The van der Waals surface area contributed by atoms with Crippen molar-refractivity contribution < 1.29 is 65.9 Å². The maximum Gasteiger partial charge on any atom is 0.509 e. The van der Waals surface area contributed by atoms with Crippen LogP contribution in [-0.2, 0) is 47.1 Å². The van der Waals surface area contributed by atoms with E-state index in [4.69, 9.17) is 32.9 Å². The summed E-state index contributed by atoms with van der Waals surface area (Å²) < 4.78 is 69.3. The number of nitrogens with one attached hydrogen (secondary N) is 2. The van der Waals surface area contributed by atoms with Gasteiger partial charge in [0.1, 0.15) is 34.3 Å². The predicted molar refractivity (Wildman–Crippen MR) is 211 cm³/mol. The van der Waals surface area contributed by atoms with Crippen molar-refractivity contribution in [1.82, 2.24) is 19.7 Å². The number of ether oxygens (including phenoxy) is 6. The average molecular weight is 868 g/mol. The number of carbonyl (C=O) groups excluding carboxylic acids is 5. The summed E-state index contributed by atoms with van der Waals surface area (Å²) in [4.78, 5) is 82.4. The van der Waals surface area contributed by atoms with Crippen molar-refractivity contribution in [3.8, 4) is 0 Å². The highest BCUT2D eigenvalue weighted by molar-refractivity contribution is 8.00. The SMILES string of the molecule is CC(C)OC(=O)[C@H](C)NP(=O)(N[C@@H](C)C(=O)OC(C)C)OC[C@H]1S[C@@H](n2ccc(N(C(=O)OC(C)(C)C)C(=O)OC(C)(C)C)nc2=O)[C@@H](F)[C@@H]1OC(=O)OC(C)(C)C. The lowest BCUT2D eigenvalue weighted by Crippen LogP contribution is -2.45. The fraction of sp³-hybridized carbons (Fsp3) is 0.750. The fourth-order valence-electron chi connectivity index (χ4n) is 4.75. The summed E-state index contributed by atoms with van der Waals surface area (Å²) in [6, 6.07) is -1.40. The van der Waals surface area contributed by atoms with Crippen LogP contribution in [0.3, 0.4) is 0 Å². The predicted octanol–water partition coefficient (Wildman–Crippen LogP) is 6.18. The lowest BCUT2D eigenvalue weighted by atomic mass is 10.1. The van der Waals surface area contributed by atoms with Gasteiger partial charge in [0, 0.05) is 6.20 Å². The van der Waals surface area contributed by atoms with E-state index < -0.39 is 120 Å². The van der Waals surface area contributed by atoms with E-state index in [0.717, 1.165) is 28.6 Å². The Morgan fingerprint density at radius 2 is 1.28 bits per heavy atom. The molecule has 19 nitrogen and oxygen atoms in total. The number of hydrogen-bond acceptors (Lipinski definition) is 16. The van der Waals surface area contributed by atoms with Gasteiger partial charge in [-0.2, -0.15) is 9.88 Å². The van der Waals surface area contributed by atoms with Gasteiger partial charge in [0.25, 0.3) is 0 Å². The topological polar surface area (TPSA) is 229 Å². The van der Waals surface area contributed by atoms with Gasteiger partial charge in [0.05, 0.1) is 24.1 Å². The normalized spacial score (nSPS) is 19.9. The van der Waals surface area contributed by atoms with E-state index in [1.54, 1.807) is 90.0 Å². The van der Waals surface area contributed by atoms with Crippen molar-refractivity contribution >= 4 is 55.5 Å². The van der Waals surface area contributed by atoms with Crippen LogP contribution >= 0.6 is 19.4 Å². The first kappa shape index (κ1) is 50.4. The molecule has 1 aromatic rings. The number of aromatic nitrogens is 2. The molecule has 2 amide bonds. The second-order valence-corrected chi connectivity index (χ2v) is 20.1. The molecule has 6 atom stereocenters. The zero-order valence-corrected chi connectivity index (χ0v) is 37.5. The van der Waals surface area contributed by atoms with Crippen LogP contribution in [0.5, 0.6) is 0 Å². The highest BCUT2D eigenvalue weighted by atomic mass is 32.2. The van der Waals surface area contributed by atoms with Crippen molar-refractivity contribution in [3.05, 3.63) is 22.7 Å². The van der Waals surface area contributed by atoms with E-state index in [1.165, 1.54) is 13.8 Å². The Morgan fingerprint density at radius 1 is 0.828 bits per heavy atom. The summed E-state index contributed by atoms with van der Waals surface area (Å²) in [7, 11) is -4.44. The number of hydrogen-bond donors (Lipinski definition) is 2. The van der Waals surface area contributed by atoms with Crippen LogP contribution in [0.4, 0.5) is 24.6 Å². The fourth-order valence-corrected chi connectivity index (χ4v) is 8.14. The van der Waals surface area contributed by atoms with Gasteiger partial charge < -0.3 is 32.9 Å². The second kappa shape index (κ2) is 20.0. The Balaban J connectivity index is 2.57. The van der Waals surface area contributed by atoms with E-state index in [-0.39, 0.29) is 0 Å². The molecule has 330 valence electrons. The summed E-state index contributed by atoms with van der Waals surface area (Å²) in [5.74, 6) is -2.08. The van der Waals surface area contributed by atoms with E-state index in [2.05, 4.69) is 15.2 Å². The van der Waals surface area contributed by atoms with E-state index in [1.807, 2.05) is 0 Å². The van der Waals surface area contributed by atoms with Gasteiger partial charge in [-0.25, -0.2) is 33.7 Å². The van der Waals surface area contributed by atoms with Crippen molar-refractivity contribution in [2.75, 3.05) is 11.5 Å². The van der Waals surface area contributed by atoms with Crippen molar-refractivity contribution in [2.45, 2.75) is 168 Å². The Morgan fingerprint density at radius 3 is 1.67 bits per heavy atom. The van der Waals surface area contributed by atoms with Crippen LogP contribution < -0.4 is 20.8 Å². The molecule has 2 heterocycles. The highest BCUT2D eigenvalue weighted by Crippen LogP contribution is 2.48. The number of halogens is 1. The number of rotatable bonds is 14. The third kappa shape index (κ3) is 16.1. The first-order valence-electron chi connectivity index (χ1n) is 18.6. The monoisotopic (exact) mass is 867 g/mol.